The molecule has 0 radical (unpaired) electrons. The fraction of sp³-hybridized carbons (Fsp3) is 0.444. The van der Waals surface area contributed by atoms with Crippen molar-refractivity contribution in [1.82, 2.24) is 14.7 Å². The van der Waals surface area contributed by atoms with Crippen LogP contribution in [0.4, 0.5) is 4.39 Å². The Morgan fingerprint density at radius 1 is 0.919 bits per heavy atom. The number of hydrogen-bond donors (Lipinski definition) is 0. The summed E-state index contributed by atoms with van der Waals surface area (Å²) in [6.07, 6.45) is 0.699. The molecule has 0 aromatic heterocycles. The maximum absolute atomic E-state index is 13.9. The number of amides is 3. The summed E-state index contributed by atoms with van der Waals surface area (Å²) in [7, 11) is 1.53. The van der Waals surface area contributed by atoms with E-state index in [1.165, 1.54) is 31.4 Å². The van der Waals surface area contributed by atoms with E-state index in [0.29, 0.717) is 69.1 Å². The SMILES string of the molecule is COc1cccc(C(=O)N2C(C(=O)N3CCOCC3)COC23CCN(C(=O)c2ccc(F)cc2)CC3)c1. The van der Waals surface area contributed by atoms with Gasteiger partial charge in [-0.2, -0.15) is 0 Å². The lowest BCUT2D eigenvalue weighted by Gasteiger charge is -2.45. The van der Waals surface area contributed by atoms with E-state index in [0.717, 1.165) is 0 Å². The summed E-state index contributed by atoms with van der Waals surface area (Å²) in [6, 6.07) is 11.5. The highest BCUT2D eigenvalue weighted by molar-refractivity contribution is 5.99. The molecule has 3 fully saturated rings. The van der Waals surface area contributed by atoms with Gasteiger partial charge >= 0.3 is 0 Å². The van der Waals surface area contributed by atoms with E-state index in [-0.39, 0.29) is 24.3 Å². The van der Waals surface area contributed by atoms with Gasteiger partial charge in [-0.1, -0.05) is 6.07 Å². The Hall–Kier alpha value is -3.50. The van der Waals surface area contributed by atoms with Crippen molar-refractivity contribution in [1.29, 1.82) is 0 Å². The van der Waals surface area contributed by atoms with Crippen molar-refractivity contribution in [2.45, 2.75) is 24.6 Å². The van der Waals surface area contributed by atoms with Crippen molar-refractivity contribution in [3.8, 4) is 5.75 Å². The van der Waals surface area contributed by atoms with Gasteiger partial charge in [0.05, 0.1) is 26.9 Å². The zero-order valence-electron chi connectivity index (χ0n) is 20.7. The van der Waals surface area contributed by atoms with Crippen LogP contribution in [0.1, 0.15) is 33.6 Å². The highest BCUT2D eigenvalue weighted by atomic mass is 19.1. The van der Waals surface area contributed by atoms with E-state index in [1.807, 2.05) is 0 Å². The Kier molecular flexibility index (Phi) is 7.12. The lowest BCUT2D eigenvalue weighted by Crippen LogP contribution is -2.60. The third kappa shape index (κ3) is 4.91. The van der Waals surface area contributed by atoms with Crippen LogP contribution in [0, 0.1) is 5.82 Å². The van der Waals surface area contributed by atoms with Gasteiger partial charge in [0.2, 0.25) is 5.91 Å². The number of methoxy groups -OCH3 is 1. The van der Waals surface area contributed by atoms with E-state index >= 15 is 0 Å². The standard InChI is InChI=1S/C27H30FN3O6/c1-35-22-4-2-3-20(17-22)25(33)31-23(26(34)30-13-15-36-16-14-30)18-37-27(31)9-11-29(12-10-27)24(32)19-5-7-21(28)8-6-19/h2-8,17,23H,9-16,18H2,1H3. The Labute approximate surface area is 214 Å². The number of halogens is 1. The fourth-order valence-electron chi connectivity index (χ4n) is 5.28. The minimum atomic E-state index is -1.02. The average molecular weight is 512 g/mol. The first-order chi connectivity index (χ1) is 17.9. The summed E-state index contributed by atoms with van der Waals surface area (Å²) in [6.45, 7) is 2.57. The van der Waals surface area contributed by atoms with E-state index in [1.54, 1.807) is 39.0 Å². The zero-order valence-corrected chi connectivity index (χ0v) is 20.7. The molecule has 2 aromatic carbocycles. The highest BCUT2D eigenvalue weighted by Crippen LogP contribution is 2.39. The number of rotatable bonds is 4. The Morgan fingerprint density at radius 3 is 2.30 bits per heavy atom. The molecule has 1 atom stereocenters. The molecule has 3 aliphatic heterocycles. The zero-order chi connectivity index (χ0) is 26.0. The van der Waals surface area contributed by atoms with Gasteiger partial charge in [-0.05, 0) is 42.5 Å². The molecule has 1 unspecified atom stereocenters. The van der Waals surface area contributed by atoms with Crippen molar-refractivity contribution >= 4 is 17.7 Å². The molecule has 10 heteroatoms. The molecule has 3 saturated heterocycles. The third-order valence-corrected chi connectivity index (χ3v) is 7.33. The topological polar surface area (TPSA) is 88.6 Å². The van der Waals surface area contributed by atoms with Gasteiger partial charge in [0, 0.05) is 50.1 Å². The van der Waals surface area contributed by atoms with E-state index in [4.69, 9.17) is 14.2 Å². The molecule has 196 valence electrons. The molecule has 9 nitrogen and oxygen atoms in total. The first-order valence-electron chi connectivity index (χ1n) is 12.4. The van der Waals surface area contributed by atoms with Gasteiger partial charge < -0.3 is 24.0 Å². The Balaban J connectivity index is 1.40. The van der Waals surface area contributed by atoms with Gasteiger partial charge in [0.1, 0.15) is 23.3 Å². The Bertz CT molecular complexity index is 1160. The summed E-state index contributed by atoms with van der Waals surface area (Å²) >= 11 is 0. The van der Waals surface area contributed by atoms with Crippen LogP contribution in [0.25, 0.3) is 0 Å². The minimum absolute atomic E-state index is 0.0812. The van der Waals surface area contributed by atoms with Crippen LogP contribution in [0.5, 0.6) is 5.75 Å². The smallest absolute Gasteiger partial charge is 0.257 e. The highest BCUT2D eigenvalue weighted by Gasteiger charge is 2.55. The molecule has 37 heavy (non-hydrogen) atoms. The number of likely N-dealkylation sites (tertiary alicyclic amines) is 1. The molecule has 3 amide bonds. The van der Waals surface area contributed by atoms with Crippen LogP contribution in [0.3, 0.4) is 0 Å². The number of carbonyl (C=O) groups excluding carboxylic acids is 3. The van der Waals surface area contributed by atoms with Crippen molar-refractivity contribution in [2.24, 2.45) is 0 Å². The number of carbonyl (C=O) groups is 3. The van der Waals surface area contributed by atoms with Crippen LogP contribution < -0.4 is 4.74 Å². The third-order valence-electron chi connectivity index (χ3n) is 7.33. The quantitative estimate of drug-likeness (QED) is 0.625. The average Bonchev–Trinajstić information content (AvgIpc) is 3.31. The summed E-state index contributed by atoms with van der Waals surface area (Å²) in [5.74, 6) is -0.561. The van der Waals surface area contributed by atoms with Gasteiger partial charge in [-0.15, -0.1) is 0 Å². The first-order valence-corrected chi connectivity index (χ1v) is 12.4. The molecule has 3 heterocycles. The molecular weight excluding hydrogens is 481 g/mol. The van der Waals surface area contributed by atoms with Crippen molar-refractivity contribution in [3.05, 3.63) is 65.5 Å². The molecule has 2 aromatic rings. The predicted octanol–water partition coefficient (Wildman–Crippen LogP) is 2.17. The van der Waals surface area contributed by atoms with Gasteiger partial charge in [0.15, 0.2) is 0 Å². The summed E-state index contributed by atoms with van der Waals surface area (Å²) in [5, 5.41) is 0. The molecular formula is C27H30FN3O6. The second-order valence-corrected chi connectivity index (χ2v) is 9.42. The number of hydrogen-bond acceptors (Lipinski definition) is 6. The Morgan fingerprint density at radius 2 is 1.62 bits per heavy atom. The van der Waals surface area contributed by atoms with Crippen molar-refractivity contribution in [2.75, 3.05) is 53.1 Å². The molecule has 0 saturated carbocycles. The van der Waals surface area contributed by atoms with Crippen molar-refractivity contribution < 1.29 is 33.0 Å². The minimum Gasteiger partial charge on any atom is -0.497 e. The summed E-state index contributed by atoms with van der Waals surface area (Å²) in [4.78, 5) is 45.5. The van der Waals surface area contributed by atoms with Crippen LogP contribution in [-0.4, -0.2) is 97.3 Å². The number of piperidine rings is 1. The second-order valence-electron chi connectivity index (χ2n) is 9.42. The molecule has 5 rings (SSSR count). The fourth-order valence-corrected chi connectivity index (χ4v) is 5.28. The van der Waals surface area contributed by atoms with Crippen LogP contribution >= 0.6 is 0 Å². The number of nitrogens with zero attached hydrogens (tertiary/aromatic N) is 3. The van der Waals surface area contributed by atoms with Crippen LogP contribution in [0.2, 0.25) is 0 Å². The van der Waals surface area contributed by atoms with E-state index in [2.05, 4.69) is 0 Å². The lowest BCUT2D eigenvalue weighted by atomic mass is 9.96. The second kappa shape index (κ2) is 10.5. The lowest BCUT2D eigenvalue weighted by molar-refractivity contribution is -0.141. The normalized spacial score (nSPS) is 21.2. The predicted molar refractivity (Wildman–Crippen MR) is 131 cm³/mol. The van der Waals surface area contributed by atoms with Crippen molar-refractivity contribution in [3.63, 3.8) is 0 Å². The first kappa shape index (κ1) is 25.2. The molecule has 0 N–H and O–H groups in total. The summed E-state index contributed by atoms with van der Waals surface area (Å²) < 4.78 is 30.3. The molecule has 0 aliphatic carbocycles. The van der Waals surface area contributed by atoms with Gasteiger partial charge in [-0.3, -0.25) is 19.3 Å². The van der Waals surface area contributed by atoms with Gasteiger partial charge in [-0.25, -0.2) is 4.39 Å². The number of ether oxygens (including phenoxy) is 3. The molecule has 3 aliphatic rings. The number of benzene rings is 2. The monoisotopic (exact) mass is 511 g/mol. The molecule has 0 bridgehead atoms. The van der Waals surface area contributed by atoms with E-state index in [9.17, 15) is 18.8 Å². The summed E-state index contributed by atoms with van der Waals surface area (Å²) in [5.41, 5.74) is -0.227. The number of morpholine rings is 1. The largest absolute Gasteiger partial charge is 0.497 e. The van der Waals surface area contributed by atoms with Crippen LogP contribution in [-0.2, 0) is 14.3 Å². The maximum atomic E-state index is 13.9. The maximum Gasteiger partial charge on any atom is 0.257 e. The van der Waals surface area contributed by atoms with Gasteiger partial charge in [0.25, 0.3) is 11.8 Å². The van der Waals surface area contributed by atoms with E-state index < -0.39 is 17.6 Å². The van der Waals surface area contributed by atoms with Crippen LogP contribution in [0.15, 0.2) is 48.5 Å². The molecule has 1 spiro atoms.